The normalized spacial score (nSPS) is 19.9. The Morgan fingerprint density at radius 1 is 1.00 bits per heavy atom. The Labute approximate surface area is 77.6 Å². The molecule has 1 rings (SSSR count). The van der Waals surface area contributed by atoms with Gasteiger partial charge in [0.15, 0.2) is 0 Å². The molecule has 4 nitrogen and oxygen atoms in total. The smallest absolute Gasteiger partial charge is 0.343 e. The molecule has 0 aromatic rings. The van der Waals surface area contributed by atoms with Crippen molar-refractivity contribution in [3.8, 4) is 0 Å². The Bertz CT molecular complexity index is 127. The second-order valence-electron chi connectivity index (χ2n) is 2.59. The molecule has 9 heteroatoms. The zero-order chi connectivity index (χ0) is 8.43. The first kappa shape index (κ1) is 9.70. The first-order chi connectivity index (χ1) is 5.09. The molecule has 0 amide bonds. The Hall–Kier alpha value is 0.615. The lowest BCUT2D eigenvalue weighted by atomic mass is 9.73. The number of nitrogens with one attached hydrogen (secondary N) is 3. The van der Waals surface area contributed by atoms with E-state index in [4.69, 9.17) is 22.9 Å². The van der Waals surface area contributed by atoms with Gasteiger partial charge in [0.05, 0.1) is 0 Å². The van der Waals surface area contributed by atoms with Crippen molar-refractivity contribution in [2.24, 2.45) is 0 Å². The minimum absolute atomic E-state index is 0.0150. The van der Waals surface area contributed by atoms with Crippen LogP contribution in [0.2, 0.25) is 0 Å². The molecule has 0 radical (unpaired) electrons. The highest BCUT2D eigenvalue weighted by Crippen LogP contribution is 1.94. The van der Waals surface area contributed by atoms with Crippen molar-refractivity contribution in [1.82, 2.24) is 20.2 Å². The van der Waals surface area contributed by atoms with Crippen LogP contribution in [-0.2, 0) is 0 Å². The van der Waals surface area contributed by atoms with Crippen molar-refractivity contribution >= 4 is 42.8 Å². The molecule has 0 spiro atoms. The Kier molecular flexibility index (Phi) is 3.55. The monoisotopic (exact) mass is 192 g/mol. The minimum atomic E-state index is -0.286. The highest BCUT2D eigenvalue weighted by atomic mass is 35.5. The summed E-state index contributed by atoms with van der Waals surface area (Å²) in [5.74, 6) is 0. The number of rotatable bonds is 1. The van der Waals surface area contributed by atoms with E-state index in [1.165, 1.54) is 0 Å². The van der Waals surface area contributed by atoms with Gasteiger partial charge in [0.1, 0.15) is 0 Å². The van der Waals surface area contributed by atoms with Gasteiger partial charge in [0.2, 0.25) is 0 Å². The van der Waals surface area contributed by atoms with Crippen molar-refractivity contribution in [2.75, 3.05) is 14.1 Å². The molecule has 1 fully saturated rings. The molecule has 0 aliphatic carbocycles. The van der Waals surface area contributed by atoms with Crippen LogP contribution in [0, 0.1) is 0 Å². The van der Waals surface area contributed by atoms with Gasteiger partial charge in [0, 0.05) is 0 Å². The van der Waals surface area contributed by atoms with Crippen LogP contribution in [-0.4, -0.2) is 38.8 Å². The van der Waals surface area contributed by atoms with E-state index in [9.17, 15) is 0 Å². The number of hydrogen-bond donors (Lipinski definition) is 3. The van der Waals surface area contributed by atoms with E-state index in [0.29, 0.717) is 0 Å². The molecule has 11 heavy (non-hydrogen) atoms. The second-order valence-corrected chi connectivity index (χ2v) is 3.46. The maximum absolute atomic E-state index is 5.78. The van der Waals surface area contributed by atoms with E-state index in [0.717, 1.165) is 0 Å². The van der Waals surface area contributed by atoms with Crippen molar-refractivity contribution in [1.29, 1.82) is 0 Å². The predicted octanol–water partition coefficient (Wildman–Crippen LogP) is -1.24. The summed E-state index contributed by atoms with van der Waals surface area (Å²) in [6, 6.07) is 0. The number of nitrogens with zero attached hydrogens (tertiary/aromatic N) is 1. The van der Waals surface area contributed by atoms with Crippen molar-refractivity contribution in [3.63, 3.8) is 0 Å². The van der Waals surface area contributed by atoms with Gasteiger partial charge in [-0.2, -0.15) is 22.9 Å². The topological polar surface area (TPSA) is 39.3 Å². The molecule has 0 aromatic heterocycles. The predicted molar refractivity (Wildman–Crippen MR) is 52.1 cm³/mol. The van der Waals surface area contributed by atoms with Crippen molar-refractivity contribution in [3.05, 3.63) is 0 Å². The van der Waals surface area contributed by atoms with Crippen LogP contribution < -0.4 is 15.4 Å². The molecule has 0 aromatic carbocycles. The van der Waals surface area contributed by atoms with Crippen LogP contribution in [0.4, 0.5) is 0 Å². The molecule has 60 valence electrons. The maximum atomic E-state index is 5.78. The van der Waals surface area contributed by atoms with E-state index in [1.54, 1.807) is 0 Å². The molecule has 0 unspecified atom stereocenters. The molecule has 3 N–H and O–H groups in total. The van der Waals surface area contributed by atoms with Crippen LogP contribution >= 0.6 is 22.9 Å². The lowest BCUT2D eigenvalue weighted by Gasteiger charge is -2.30. The van der Waals surface area contributed by atoms with E-state index >= 15 is 0 Å². The summed E-state index contributed by atoms with van der Waals surface area (Å²) in [6.07, 6.45) is -0.572. The fourth-order valence-electron chi connectivity index (χ4n) is 0.848. The van der Waals surface area contributed by atoms with Gasteiger partial charge >= 0.3 is 19.9 Å². The van der Waals surface area contributed by atoms with Gasteiger partial charge in [-0.1, -0.05) is 0 Å². The molecule has 0 atom stereocenters. The summed E-state index contributed by atoms with van der Waals surface area (Å²) < 4.78 is 0. The zero-order valence-corrected chi connectivity index (χ0v) is 7.95. The fraction of sp³-hybridized carbons (Fsp3) is 1.00. The summed E-state index contributed by atoms with van der Waals surface area (Å²) in [7, 11) is 3.88. The Morgan fingerprint density at radius 3 is 1.82 bits per heavy atom. The third kappa shape index (κ3) is 2.85. The SMILES string of the molecule is CN(C)B1NB(Cl)NB(Cl)N1. The average Bonchev–Trinajstić information content (AvgIpc) is 1.85. The third-order valence-electron chi connectivity index (χ3n) is 1.42. The van der Waals surface area contributed by atoms with E-state index in [2.05, 4.69) is 15.4 Å². The van der Waals surface area contributed by atoms with Gasteiger partial charge in [-0.15, -0.1) is 0 Å². The summed E-state index contributed by atoms with van der Waals surface area (Å²) in [5, 5.41) is 8.91. The fourth-order valence-corrected chi connectivity index (χ4v) is 1.40. The quantitative estimate of drug-likeness (QED) is 0.455. The molecule has 1 aliphatic rings. The molecule has 1 saturated heterocycles. The summed E-state index contributed by atoms with van der Waals surface area (Å²) >= 11 is 11.6. The molecular formula is C2H9B3Cl2N4. The van der Waals surface area contributed by atoms with Crippen LogP contribution in [0.3, 0.4) is 0 Å². The largest absolute Gasteiger partial charge is 0.395 e. The Morgan fingerprint density at radius 2 is 1.45 bits per heavy atom. The number of halogens is 2. The van der Waals surface area contributed by atoms with Crippen LogP contribution in [0.1, 0.15) is 0 Å². The van der Waals surface area contributed by atoms with Gasteiger partial charge in [-0.25, -0.2) is 0 Å². The highest BCUT2D eigenvalue weighted by Gasteiger charge is 2.34. The first-order valence-corrected chi connectivity index (χ1v) is 4.19. The average molecular weight is 192 g/mol. The van der Waals surface area contributed by atoms with Gasteiger partial charge in [-0.05, 0) is 14.1 Å². The Balaban J connectivity index is 2.43. The summed E-state index contributed by atoms with van der Waals surface area (Å²) in [4.78, 5) is 1.95. The second kappa shape index (κ2) is 4.02. The first-order valence-electron chi connectivity index (χ1n) is 3.32. The molecule has 0 bridgehead atoms. The highest BCUT2D eigenvalue weighted by molar-refractivity contribution is 7.20. The lowest BCUT2D eigenvalue weighted by Crippen LogP contribution is -2.75. The van der Waals surface area contributed by atoms with Gasteiger partial charge < -0.3 is 20.2 Å². The molecule has 1 aliphatic heterocycles. The zero-order valence-electron chi connectivity index (χ0n) is 6.44. The summed E-state index contributed by atoms with van der Waals surface area (Å²) in [5.41, 5.74) is 0. The van der Waals surface area contributed by atoms with Crippen LogP contribution in [0.5, 0.6) is 0 Å². The van der Waals surface area contributed by atoms with E-state index < -0.39 is 0 Å². The maximum Gasteiger partial charge on any atom is 0.395 e. The summed E-state index contributed by atoms with van der Waals surface area (Å²) in [6.45, 7) is 0. The van der Waals surface area contributed by atoms with Crippen LogP contribution in [0.15, 0.2) is 0 Å². The van der Waals surface area contributed by atoms with Gasteiger partial charge in [-0.3, -0.25) is 0 Å². The van der Waals surface area contributed by atoms with Crippen molar-refractivity contribution < 1.29 is 0 Å². The van der Waals surface area contributed by atoms with Crippen LogP contribution in [0.25, 0.3) is 0 Å². The minimum Gasteiger partial charge on any atom is -0.343 e. The number of hydrogen-bond acceptors (Lipinski definition) is 4. The van der Waals surface area contributed by atoms with Crippen molar-refractivity contribution in [2.45, 2.75) is 0 Å². The molecular weight excluding hydrogens is 183 g/mol. The van der Waals surface area contributed by atoms with E-state index in [-0.39, 0.29) is 19.9 Å². The molecule has 0 saturated carbocycles. The molecule has 1 heterocycles. The lowest BCUT2D eigenvalue weighted by molar-refractivity contribution is 0.622. The standard InChI is InChI=1S/C2H9B3Cl2N4/c1-11(2)5-9-3(6)8-4(7)10-5/h8-10H,1-2H3. The van der Waals surface area contributed by atoms with E-state index in [1.807, 2.05) is 18.9 Å². The van der Waals surface area contributed by atoms with Gasteiger partial charge in [0.25, 0.3) is 0 Å². The third-order valence-corrected chi connectivity index (χ3v) is 1.92.